The van der Waals surface area contributed by atoms with Crippen LogP contribution in [0.4, 0.5) is 0 Å². The number of thiazole rings is 1. The lowest BCUT2D eigenvalue weighted by Crippen LogP contribution is -2.29. The third kappa shape index (κ3) is 4.36. The molecule has 10 heteroatoms. The first-order chi connectivity index (χ1) is 13.1. The number of benzene rings is 1. The normalized spacial score (nSPS) is 10.6. The van der Waals surface area contributed by atoms with E-state index in [0.29, 0.717) is 25.3 Å². The number of carbonyl (C=O) groups is 2. The molecule has 0 atom stereocenters. The predicted molar refractivity (Wildman–Crippen MR) is 100 cm³/mol. The molecule has 0 saturated carbocycles. The smallest absolute Gasteiger partial charge is 0.283 e. The van der Waals surface area contributed by atoms with E-state index in [1.807, 2.05) is 11.6 Å². The van der Waals surface area contributed by atoms with Crippen molar-refractivity contribution in [3.63, 3.8) is 0 Å². The Labute approximate surface area is 159 Å². The molecule has 2 aromatic heterocycles. The number of nitrogens with zero attached hydrogens (tertiary/aromatic N) is 2. The zero-order valence-corrected chi connectivity index (χ0v) is 15.4. The monoisotopic (exact) mass is 389 g/mol. The molecule has 27 heavy (non-hydrogen) atoms. The highest BCUT2D eigenvalue weighted by Crippen LogP contribution is 2.20. The highest BCUT2D eigenvalue weighted by molar-refractivity contribution is 7.15. The fourth-order valence-electron chi connectivity index (χ4n) is 2.34. The summed E-state index contributed by atoms with van der Waals surface area (Å²) in [6, 6.07) is 4.54. The zero-order chi connectivity index (χ0) is 19.2. The second kappa shape index (κ2) is 8.52. The number of nitrogens with two attached hydrogens (primary N) is 1. The van der Waals surface area contributed by atoms with Crippen molar-refractivity contribution >= 4 is 28.1 Å². The summed E-state index contributed by atoms with van der Waals surface area (Å²) in [7, 11) is 1.46. The zero-order valence-electron chi connectivity index (χ0n) is 14.6. The molecular formula is C17H19N5O4S. The summed E-state index contributed by atoms with van der Waals surface area (Å²) >= 11 is 1.45. The SMILES string of the molecule is COc1ccc(C(=O)NOc2cn3ccsc3n2)cc1C(=O)NCCCN. The number of amides is 2. The average Bonchev–Trinajstić information content (AvgIpc) is 3.27. The van der Waals surface area contributed by atoms with Crippen molar-refractivity contribution in [2.75, 3.05) is 20.2 Å². The second-order valence-corrected chi connectivity index (χ2v) is 6.39. The Kier molecular flexibility index (Phi) is 5.89. The summed E-state index contributed by atoms with van der Waals surface area (Å²) in [5.41, 5.74) is 8.25. The number of methoxy groups -OCH3 is 1. The summed E-state index contributed by atoms with van der Waals surface area (Å²) in [5, 5.41) is 4.63. The van der Waals surface area contributed by atoms with Crippen molar-refractivity contribution in [3.05, 3.63) is 47.1 Å². The van der Waals surface area contributed by atoms with Crippen LogP contribution in [0, 0.1) is 0 Å². The molecule has 0 unspecified atom stereocenters. The van der Waals surface area contributed by atoms with Gasteiger partial charge in [-0.05, 0) is 31.2 Å². The summed E-state index contributed by atoms with van der Waals surface area (Å²) in [4.78, 5) is 34.9. The quantitative estimate of drug-likeness (QED) is 0.393. The van der Waals surface area contributed by atoms with Crippen LogP contribution >= 0.6 is 11.3 Å². The van der Waals surface area contributed by atoms with Gasteiger partial charge in [0, 0.05) is 23.7 Å². The Morgan fingerprint density at radius 1 is 1.33 bits per heavy atom. The number of aromatic nitrogens is 2. The van der Waals surface area contributed by atoms with E-state index in [4.69, 9.17) is 15.3 Å². The molecule has 9 nitrogen and oxygen atoms in total. The van der Waals surface area contributed by atoms with Gasteiger partial charge in [-0.2, -0.15) is 10.5 Å². The van der Waals surface area contributed by atoms with Gasteiger partial charge in [0.05, 0.1) is 18.9 Å². The lowest BCUT2D eigenvalue weighted by molar-refractivity contribution is 0.0751. The molecule has 4 N–H and O–H groups in total. The Hall–Kier alpha value is -3.11. The molecule has 3 aromatic rings. The van der Waals surface area contributed by atoms with Gasteiger partial charge in [0.15, 0.2) is 4.96 Å². The van der Waals surface area contributed by atoms with Crippen LogP contribution < -0.4 is 26.1 Å². The van der Waals surface area contributed by atoms with E-state index in [1.54, 1.807) is 22.7 Å². The molecule has 0 aliphatic carbocycles. The van der Waals surface area contributed by atoms with E-state index >= 15 is 0 Å². The van der Waals surface area contributed by atoms with E-state index in [-0.39, 0.29) is 22.9 Å². The van der Waals surface area contributed by atoms with Crippen LogP contribution in [0.3, 0.4) is 0 Å². The minimum absolute atomic E-state index is 0.251. The number of nitrogens with one attached hydrogen (secondary N) is 2. The summed E-state index contributed by atoms with van der Waals surface area (Å²) in [5.74, 6) is -0.217. The van der Waals surface area contributed by atoms with E-state index in [1.165, 1.54) is 24.5 Å². The number of imidazole rings is 1. The van der Waals surface area contributed by atoms with Crippen LogP contribution in [-0.2, 0) is 0 Å². The third-order valence-corrected chi connectivity index (χ3v) is 4.46. The van der Waals surface area contributed by atoms with Gasteiger partial charge >= 0.3 is 0 Å². The van der Waals surface area contributed by atoms with Gasteiger partial charge in [-0.3, -0.25) is 14.0 Å². The Balaban J connectivity index is 1.69. The highest BCUT2D eigenvalue weighted by Gasteiger charge is 2.16. The molecule has 0 radical (unpaired) electrons. The lowest BCUT2D eigenvalue weighted by atomic mass is 10.1. The van der Waals surface area contributed by atoms with Crippen LogP contribution in [0.1, 0.15) is 27.1 Å². The van der Waals surface area contributed by atoms with Crippen molar-refractivity contribution < 1.29 is 19.2 Å². The topological polar surface area (TPSA) is 120 Å². The Bertz CT molecular complexity index is 923. The number of hydrogen-bond acceptors (Lipinski definition) is 7. The number of fused-ring (bicyclic) bond motifs is 1. The molecule has 0 saturated heterocycles. The van der Waals surface area contributed by atoms with Gasteiger partial charge in [0.25, 0.3) is 17.7 Å². The van der Waals surface area contributed by atoms with Gasteiger partial charge < -0.3 is 20.6 Å². The third-order valence-electron chi connectivity index (χ3n) is 3.69. The number of carbonyl (C=O) groups excluding carboxylic acids is 2. The molecule has 0 spiro atoms. The maximum atomic E-state index is 12.3. The Morgan fingerprint density at radius 2 is 2.19 bits per heavy atom. The first-order valence-electron chi connectivity index (χ1n) is 8.18. The largest absolute Gasteiger partial charge is 0.496 e. The molecule has 1 aromatic carbocycles. The van der Waals surface area contributed by atoms with Gasteiger partial charge in [0.1, 0.15) is 5.75 Å². The molecule has 2 heterocycles. The molecule has 0 aliphatic rings. The van der Waals surface area contributed by atoms with Gasteiger partial charge in [0.2, 0.25) is 0 Å². The number of hydroxylamine groups is 1. The van der Waals surface area contributed by atoms with Crippen molar-refractivity contribution in [1.82, 2.24) is 20.2 Å². The molecule has 3 rings (SSSR count). The molecule has 0 aliphatic heterocycles. The number of ether oxygens (including phenoxy) is 1. The summed E-state index contributed by atoms with van der Waals surface area (Å²) < 4.78 is 6.98. The maximum absolute atomic E-state index is 12.3. The first-order valence-corrected chi connectivity index (χ1v) is 9.06. The Morgan fingerprint density at radius 3 is 2.93 bits per heavy atom. The van der Waals surface area contributed by atoms with Crippen LogP contribution in [0.5, 0.6) is 11.6 Å². The fourth-order valence-corrected chi connectivity index (χ4v) is 3.03. The molecule has 0 bridgehead atoms. The highest BCUT2D eigenvalue weighted by atomic mass is 32.1. The first kappa shape index (κ1) is 18.7. The van der Waals surface area contributed by atoms with Crippen LogP contribution in [0.25, 0.3) is 4.96 Å². The fraction of sp³-hybridized carbons (Fsp3) is 0.235. The van der Waals surface area contributed by atoms with E-state index in [9.17, 15) is 9.59 Å². The molecule has 2 amide bonds. The molecule has 142 valence electrons. The second-order valence-electron chi connectivity index (χ2n) is 5.52. The van der Waals surface area contributed by atoms with Gasteiger partial charge in [-0.15, -0.1) is 11.3 Å². The molecule has 0 fully saturated rings. The van der Waals surface area contributed by atoms with E-state index in [0.717, 1.165) is 4.96 Å². The average molecular weight is 389 g/mol. The summed E-state index contributed by atoms with van der Waals surface area (Å²) in [6.07, 6.45) is 4.14. The predicted octanol–water partition coefficient (Wildman–Crippen LogP) is 1.21. The van der Waals surface area contributed by atoms with Crippen LogP contribution in [-0.4, -0.2) is 41.4 Å². The minimum atomic E-state index is -0.509. The van der Waals surface area contributed by atoms with Crippen molar-refractivity contribution in [2.24, 2.45) is 5.73 Å². The standard InChI is InChI=1S/C17H19N5O4S/c1-25-13-4-3-11(9-12(13)16(24)19-6-2-5-18)15(23)21-26-14-10-22-7-8-27-17(22)20-14/h3-4,7-10H,2,5-6,18H2,1H3,(H,19,24)(H,21,23). The van der Waals surface area contributed by atoms with E-state index in [2.05, 4.69) is 15.8 Å². The summed E-state index contributed by atoms with van der Waals surface area (Å²) in [6.45, 7) is 0.915. The number of hydrogen-bond donors (Lipinski definition) is 3. The van der Waals surface area contributed by atoms with Crippen LogP contribution in [0.2, 0.25) is 0 Å². The number of rotatable bonds is 8. The van der Waals surface area contributed by atoms with Gasteiger partial charge in [-0.1, -0.05) is 0 Å². The lowest BCUT2D eigenvalue weighted by Gasteiger charge is -2.11. The van der Waals surface area contributed by atoms with E-state index < -0.39 is 5.91 Å². The van der Waals surface area contributed by atoms with Crippen molar-refractivity contribution in [3.8, 4) is 11.6 Å². The van der Waals surface area contributed by atoms with Crippen LogP contribution in [0.15, 0.2) is 36.0 Å². The minimum Gasteiger partial charge on any atom is -0.496 e. The van der Waals surface area contributed by atoms with Crippen molar-refractivity contribution in [2.45, 2.75) is 6.42 Å². The maximum Gasteiger partial charge on any atom is 0.283 e. The molecular weight excluding hydrogens is 370 g/mol. The van der Waals surface area contributed by atoms with Gasteiger partial charge in [-0.25, -0.2) is 0 Å². The van der Waals surface area contributed by atoms with Crippen molar-refractivity contribution in [1.29, 1.82) is 0 Å².